The van der Waals surface area contributed by atoms with Crippen LogP contribution in [0.15, 0.2) is 24.3 Å². The molecule has 0 aliphatic carbocycles. The molecule has 2 rings (SSSR count). The standard InChI is InChI=1S/C13H14F3NO3/c14-13(15,16)20-11-3-1-2-10(8-11)17-6-4-9(5-7-17)12(18)19/h1-3,8-9H,4-7H2,(H,18,19). The van der Waals surface area contributed by atoms with Crippen LogP contribution in [0.1, 0.15) is 12.8 Å². The molecular formula is C13H14F3NO3. The molecule has 7 heteroatoms. The molecule has 1 saturated heterocycles. The van der Waals surface area contributed by atoms with Crippen LogP contribution in [0.2, 0.25) is 0 Å². The Balaban J connectivity index is 2.03. The Morgan fingerprint density at radius 1 is 1.30 bits per heavy atom. The zero-order valence-electron chi connectivity index (χ0n) is 10.6. The predicted octanol–water partition coefficient (Wildman–Crippen LogP) is 2.89. The van der Waals surface area contributed by atoms with Crippen LogP contribution in [-0.2, 0) is 4.79 Å². The molecule has 1 aromatic rings. The number of piperidine rings is 1. The van der Waals surface area contributed by atoms with Crippen LogP contribution in [0.3, 0.4) is 0 Å². The van der Waals surface area contributed by atoms with E-state index in [1.54, 1.807) is 6.07 Å². The van der Waals surface area contributed by atoms with E-state index in [0.29, 0.717) is 31.6 Å². The first-order chi connectivity index (χ1) is 9.35. The van der Waals surface area contributed by atoms with Crippen LogP contribution in [0.5, 0.6) is 5.75 Å². The van der Waals surface area contributed by atoms with E-state index in [-0.39, 0.29) is 11.7 Å². The van der Waals surface area contributed by atoms with Crippen LogP contribution in [0.25, 0.3) is 0 Å². The van der Waals surface area contributed by atoms with Gasteiger partial charge in [-0.2, -0.15) is 0 Å². The van der Waals surface area contributed by atoms with Gasteiger partial charge < -0.3 is 14.7 Å². The number of carboxylic acids is 1. The minimum absolute atomic E-state index is 0.268. The second-order valence-corrected chi connectivity index (χ2v) is 4.64. The van der Waals surface area contributed by atoms with Gasteiger partial charge in [0.25, 0.3) is 0 Å². The quantitative estimate of drug-likeness (QED) is 0.929. The average molecular weight is 289 g/mol. The molecule has 0 bridgehead atoms. The van der Waals surface area contributed by atoms with E-state index in [4.69, 9.17) is 5.11 Å². The summed E-state index contributed by atoms with van der Waals surface area (Å²) in [6, 6.07) is 5.72. The second-order valence-electron chi connectivity index (χ2n) is 4.64. The molecule has 4 nitrogen and oxygen atoms in total. The van der Waals surface area contributed by atoms with Crippen molar-refractivity contribution in [2.45, 2.75) is 19.2 Å². The lowest BCUT2D eigenvalue weighted by atomic mass is 9.97. The lowest BCUT2D eigenvalue weighted by Gasteiger charge is -2.32. The molecule has 110 valence electrons. The first-order valence-corrected chi connectivity index (χ1v) is 6.19. The van der Waals surface area contributed by atoms with Gasteiger partial charge >= 0.3 is 12.3 Å². The highest BCUT2D eigenvalue weighted by molar-refractivity contribution is 5.70. The van der Waals surface area contributed by atoms with Gasteiger partial charge in [0.15, 0.2) is 0 Å². The van der Waals surface area contributed by atoms with Crippen molar-refractivity contribution in [1.82, 2.24) is 0 Å². The maximum absolute atomic E-state index is 12.2. The Morgan fingerprint density at radius 3 is 2.50 bits per heavy atom. The van der Waals surface area contributed by atoms with E-state index in [1.165, 1.54) is 18.2 Å². The van der Waals surface area contributed by atoms with Gasteiger partial charge in [0, 0.05) is 24.8 Å². The molecule has 1 aliphatic rings. The van der Waals surface area contributed by atoms with E-state index in [2.05, 4.69) is 4.74 Å². The highest BCUT2D eigenvalue weighted by Crippen LogP contribution is 2.29. The van der Waals surface area contributed by atoms with Gasteiger partial charge in [-0.05, 0) is 25.0 Å². The van der Waals surface area contributed by atoms with Gasteiger partial charge in [0.2, 0.25) is 0 Å². The maximum Gasteiger partial charge on any atom is 0.573 e. The Bertz CT molecular complexity index is 482. The van der Waals surface area contributed by atoms with Crippen LogP contribution in [-0.4, -0.2) is 30.5 Å². The number of nitrogens with zero attached hydrogens (tertiary/aromatic N) is 1. The molecule has 1 N–H and O–H groups in total. The summed E-state index contributed by atoms with van der Waals surface area (Å²) in [7, 11) is 0. The van der Waals surface area contributed by atoms with Crippen molar-refractivity contribution in [3.8, 4) is 5.75 Å². The highest BCUT2D eigenvalue weighted by Gasteiger charge is 2.31. The number of benzene rings is 1. The molecule has 1 aromatic carbocycles. The lowest BCUT2D eigenvalue weighted by Crippen LogP contribution is -2.36. The molecule has 0 atom stereocenters. The Morgan fingerprint density at radius 2 is 1.95 bits per heavy atom. The summed E-state index contributed by atoms with van der Waals surface area (Å²) in [5.74, 6) is -1.46. The number of alkyl halides is 3. The summed E-state index contributed by atoms with van der Waals surface area (Å²) in [6.07, 6.45) is -3.74. The zero-order valence-corrected chi connectivity index (χ0v) is 10.6. The van der Waals surface area contributed by atoms with Crippen LogP contribution in [0.4, 0.5) is 18.9 Å². The van der Waals surface area contributed by atoms with E-state index < -0.39 is 12.3 Å². The van der Waals surface area contributed by atoms with Crippen LogP contribution < -0.4 is 9.64 Å². The van der Waals surface area contributed by atoms with Crippen molar-refractivity contribution in [3.63, 3.8) is 0 Å². The number of ether oxygens (including phenoxy) is 1. The number of rotatable bonds is 3. The molecule has 0 spiro atoms. The van der Waals surface area contributed by atoms with E-state index >= 15 is 0 Å². The molecule has 0 amide bonds. The molecule has 1 heterocycles. The van der Waals surface area contributed by atoms with Crippen molar-refractivity contribution in [3.05, 3.63) is 24.3 Å². The summed E-state index contributed by atoms with van der Waals surface area (Å²) in [4.78, 5) is 12.7. The van der Waals surface area contributed by atoms with Crippen LogP contribution >= 0.6 is 0 Å². The van der Waals surface area contributed by atoms with Crippen molar-refractivity contribution in [2.75, 3.05) is 18.0 Å². The molecular weight excluding hydrogens is 275 g/mol. The first-order valence-electron chi connectivity index (χ1n) is 6.19. The van der Waals surface area contributed by atoms with Crippen molar-refractivity contribution >= 4 is 11.7 Å². The van der Waals surface area contributed by atoms with Crippen molar-refractivity contribution in [1.29, 1.82) is 0 Å². The summed E-state index contributed by atoms with van der Waals surface area (Å²) in [6.45, 7) is 1.01. The summed E-state index contributed by atoms with van der Waals surface area (Å²) < 4.78 is 40.3. The minimum atomic E-state index is -4.71. The van der Waals surface area contributed by atoms with E-state index in [9.17, 15) is 18.0 Å². The normalized spacial score (nSPS) is 17.1. The topological polar surface area (TPSA) is 49.8 Å². The van der Waals surface area contributed by atoms with Gasteiger partial charge in [-0.25, -0.2) is 0 Å². The largest absolute Gasteiger partial charge is 0.573 e. The molecule has 0 radical (unpaired) electrons. The lowest BCUT2D eigenvalue weighted by molar-refractivity contribution is -0.274. The molecule has 0 aromatic heterocycles. The van der Waals surface area contributed by atoms with E-state index in [1.807, 2.05) is 4.90 Å². The van der Waals surface area contributed by atoms with Gasteiger partial charge in [0.05, 0.1) is 5.92 Å². The van der Waals surface area contributed by atoms with Crippen molar-refractivity contribution < 1.29 is 27.8 Å². The minimum Gasteiger partial charge on any atom is -0.481 e. The number of anilines is 1. The fourth-order valence-electron chi connectivity index (χ4n) is 2.26. The molecule has 20 heavy (non-hydrogen) atoms. The zero-order chi connectivity index (χ0) is 14.8. The second kappa shape index (κ2) is 5.60. The number of carboxylic acid groups (broad SMARTS) is 1. The third-order valence-electron chi connectivity index (χ3n) is 3.26. The Hall–Kier alpha value is -1.92. The number of hydrogen-bond donors (Lipinski definition) is 1. The van der Waals surface area contributed by atoms with Gasteiger partial charge in [-0.3, -0.25) is 4.79 Å². The van der Waals surface area contributed by atoms with Gasteiger partial charge in [-0.15, -0.1) is 13.2 Å². The average Bonchev–Trinajstić information content (AvgIpc) is 2.37. The summed E-state index contributed by atoms with van der Waals surface area (Å²) >= 11 is 0. The number of halogens is 3. The molecule has 0 unspecified atom stereocenters. The number of aliphatic carboxylic acids is 1. The molecule has 0 saturated carbocycles. The predicted molar refractivity (Wildman–Crippen MR) is 65.7 cm³/mol. The maximum atomic E-state index is 12.2. The summed E-state index contributed by atoms with van der Waals surface area (Å²) in [5.41, 5.74) is 0.607. The third kappa shape index (κ3) is 3.79. The molecule has 1 aliphatic heterocycles. The van der Waals surface area contributed by atoms with Crippen LogP contribution in [0, 0.1) is 5.92 Å². The van der Waals surface area contributed by atoms with Gasteiger partial charge in [-0.1, -0.05) is 6.07 Å². The van der Waals surface area contributed by atoms with Gasteiger partial charge in [0.1, 0.15) is 5.75 Å². The first kappa shape index (κ1) is 14.5. The third-order valence-corrected chi connectivity index (χ3v) is 3.26. The monoisotopic (exact) mass is 289 g/mol. The smallest absolute Gasteiger partial charge is 0.481 e. The molecule has 1 fully saturated rings. The number of carbonyl (C=O) groups is 1. The summed E-state index contributed by atoms with van der Waals surface area (Å²) in [5, 5.41) is 8.90. The van der Waals surface area contributed by atoms with E-state index in [0.717, 1.165) is 0 Å². The highest BCUT2D eigenvalue weighted by atomic mass is 19.4. The SMILES string of the molecule is O=C(O)C1CCN(c2cccc(OC(F)(F)F)c2)CC1. The Labute approximate surface area is 113 Å². The fraction of sp³-hybridized carbons (Fsp3) is 0.462. The number of hydrogen-bond acceptors (Lipinski definition) is 3. The van der Waals surface area contributed by atoms with Crippen molar-refractivity contribution in [2.24, 2.45) is 5.92 Å². The fourth-order valence-corrected chi connectivity index (χ4v) is 2.26. The Kier molecular flexibility index (Phi) is 4.06.